The second kappa shape index (κ2) is 5.21. The van der Waals surface area contributed by atoms with Crippen LogP contribution in [-0.2, 0) is 10.9 Å². The van der Waals surface area contributed by atoms with E-state index in [0.717, 1.165) is 0 Å². The summed E-state index contributed by atoms with van der Waals surface area (Å²) < 4.78 is 0. The minimum atomic E-state index is -1.93. The monoisotopic (exact) mass is 414 g/mol. The van der Waals surface area contributed by atoms with Crippen LogP contribution in [0.25, 0.3) is 0 Å². The van der Waals surface area contributed by atoms with Crippen LogP contribution >= 0.6 is 48.9 Å². The van der Waals surface area contributed by atoms with E-state index in [1.165, 1.54) is 0 Å². The van der Waals surface area contributed by atoms with Gasteiger partial charge >= 0.3 is 78.6 Å². The fraction of sp³-hybridized carbons (Fsp3) is 0. The molecule has 6 heavy (non-hydrogen) atoms. The summed E-state index contributed by atoms with van der Waals surface area (Å²) >= 11 is 13.3. The van der Waals surface area contributed by atoms with Crippen molar-refractivity contribution in [2.24, 2.45) is 0 Å². The molecule has 0 aliphatic rings. The molecular weight excluding hydrogens is 418 g/mol. The average molecular weight is 419 g/mol. The summed E-state index contributed by atoms with van der Waals surface area (Å²) in [6.45, 7) is 0. The standard InChI is InChI=1S/4BrH.Li.Zr.H/h4*1H;;;/q;;;;+1;+4;-1/p-4. The summed E-state index contributed by atoms with van der Waals surface area (Å²) in [5, 5.41) is 0. The van der Waals surface area contributed by atoms with Gasteiger partial charge in [-0.05, 0) is 0 Å². The van der Waals surface area contributed by atoms with Crippen molar-refractivity contribution in [1.29, 1.82) is 0 Å². The zero-order valence-electron chi connectivity index (χ0n) is 4.01. The second-order valence-electron chi connectivity index (χ2n) is 0.429. The molecule has 0 bridgehead atoms. The Morgan fingerprint density at radius 3 is 1.00 bits per heavy atom. The maximum Gasteiger partial charge on any atom is 1.00 e. The van der Waals surface area contributed by atoms with Crippen molar-refractivity contribution in [3.63, 3.8) is 0 Å². The van der Waals surface area contributed by atoms with Crippen LogP contribution in [0.15, 0.2) is 0 Å². The SMILES string of the molecule is [Br][Zr]([Br])([Br])[Br].[H-].[Li+]. The van der Waals surface area contributed by atoms with Crippen molar-refractivity contribution in [2.75, 3.05) is 0 Å². The number of halogens is 4. The molecule has 0 heterocycles. The zero-order chi connectivity index (χ0) is 4.50. The Labute approximate surface area is 78.1 Å². The smallest absolute Gasteiger partial charge is 1.00 e. The molecule has 0 radical (unpaired) electrons. The van der Waals surface area contributed by atoms with Gasteiger partial charge in [0.2, 0.25) is 0 Å². The van der Waals surface area contributed by atoms with Gasteiger partial charge in [0, 0.05) is 0 Å². The van der Waals surface area contributed by atoms with Crippen molar-refractivity contribution >= 4 is 48.9 Å². The van der Waals surface area contributed by atoms with E-state index >= 15 is 0 Å². The van der Waals surface area contributed by atoms with Crippen molar-refractivity contribution in [3.05, 3.63) is 0 Å². The van der Waals surface area contributed by atoms with E-state index in [4.69, 9.17) is 0 Å². The third-order valence-electron chi connectivity index (χ3n) is 0. The van der Waals surface area contributed by atoms with E-state index in [9.17, 15) is 0 Å². The van der Waals surface area contributed by atoms with Crippen LogP contribution in [0.3, 0.4) is 0 Å². The number of hydrogen-bond acceptors (Lipinski definition) is 0. The fourth-order valence-electron chi connectivity index (χ4n) is 0. The molecule has 0 spiro atoms. The molecule has 0 saturated carbocycles. The molecule has 0 saturated heterocycles. The molecular formula is HBr4LiZr. The molecule has 0 aliphatic carbocycles. The van der Waals surface area contributed by atoms with Crippen molar-refractivity contribution in [1.82, 2.24) is 0 Å². The van der Waals surface area contributed by atoms with Gasteiger partial charge in [0.05, 0.1) is 0 Å². The van der Waals surface area contributed by atoms with E-state index in [-0.39, 0.29) is 20.3 Å². The second-order valence-corrected chi connectivity index (χ2v) is 68.5. The normalized spacial score (nSPS) is 10.0. The summed E-state index contributed by atoms with van der Waals surface area (Å²) in [5.41, 5.74) is 0. The summed E-state index contributed by atoms with van der Waals surface area (Å²) in [6, 6.07) is 0. The summed E-state index contributed by atoms with van der Waals surface area (Å²) in [6.07, 6.45) is 0. The predicted octanol–water partition coefficient (Wildman–Crippen LogP) is 0.496. The molecule has 6 heteroatoms. The molecule has 0 unspecified atom stereocenters. The van der Waals surface area contributed by atoms with Crippen LogP contribution in [0.5, 0.6) is 0 Å². The van der Waals surface area contributed by atoms with Crippen molar-refractivity contribution in [2.45, 2.75) is 0 Å². The Bertz CT molecular complexity index is 27.2. The molecule has 0 N–H and O–H groups in total. The summed E-state index contributed by atoms with van der Waals surface area (Å²) in [5.74, 6) is 0. The molecule has 0 aliphatic heterocycles. The van der Waals surface area contributed by atoms with E-state index in [2.05, 4.69) is 48.9 Å². The van der Waals surface area contributed by atoms with Crippen LogP contribution in [0, 0.1) is 0 Å². The summed E-state index contributed by atoms with van der Waals surface area (Å²) in [4.78, 5) is 0. The number of rotatable bonds is 0. The topological polar surface area (TPSA) is 0 Å². The predicted molar refractivity (Wildman–Crippen MR) is 36.8 cm³/mol. The zero-order valence-corrected chi connectivity index (χ0v) is 11.8. The van der Waals surface area contributed by atoms with Crippen molar-refractivity contribution < 1.29 is 31.2 Å². The molecule has 0 nitrogen and oxygen atoms in total. The van der Waals surface area contributed by atoms with Gasteiger partial charge in [-0.25, -0.2) is 0 Å². The van der Waals surface area contributed by atoms with Gasteiger partial charge in [0.1, 0.15) is 0 Å². The quantitative estimate of drug-likeness (QED) is 0.503. The van der Waals surface area contributed by atoms with Gasteiger partial charge in [-0.3, -0.25) is 0 Å². The Hall–Kier alpha value is 3.40. The average Bonchev–Trinajstić information content (AvgIpc) is 0.722. The Morgan fingerprint density at radius 2 is 1.00 bits per heavy atom. The van der Waals surface area contributed by atoms with Gasteiger partial charge in [-0.2, -0.15) is 0 Å². The van der Waals surface area contributed by atoms with Gasteiger partial charge in [0.25, 0.3) is 0 Å². The maximum atomic E-state index is 3.34. The Morgan fingerprint density at radius 1 is 1.00 bits per heavy atom. The van der Waals surface area contributed by atoms with Crippen LogP contribution in [0.4, 0.5) is 0 Å². The third kappa shape index (κ3) is 26.2. The molecule has 0 atom stereocenters. The largest absolute Gasteiger partial charge is 1.00 e. The van der Waals surface area contributed by atoms with Crippen LogP contribution in [-0.4, -0.2) is 0 Å². The van der Waals surface area contributed by atoms with Gasteiger partial charge < -0.3 is 1.43 Å². The minimum absolute atomic E-state index is 0. The molecule has 34 valence electrons. The fourth-order valence-corrected chi connectivity index (χ4v) is 0. The first-order chi connectivity index (χ1) is 2.00. The Kier molecular flexibility index (Phi) is 10.5. The van der Waals surface area contributed by atoms with Gasteiger partial charge in [0.15, 0.2) is 0 Å². The Balaban J connectivity index is -0.0000000800. The minimum Gasteiger partial charge on any atom is -1.00 e. The van der Waals surface area contributed by atoms with E-state index in [0.29, 0.717) is 0 Å². The molecule has 0 amide bonds. The van der Waals surface area contributed by atoms with Crippen LogP contribution in [0.1, 0.15) is 1.43 Å². The molecule has 0 fully saturated rings. The van der Waals surface area contributed by atoms with Crippen LogP contribution in [0.2, 0.25) is 0 Å². The van der Waals surface area contributed by atoms with Gasteiger partial charge in [-0.1, -0.05) is 0 Å². The number of hydrogen-bond donors (Lipinski definition) is 0. The van der Waals surface area contributed by atoms with E-state index < -0.39 is 10.9 Å². The molecule has 0 rings (SSSR count). The molecule has 0 aromatic rings. The first kappa shape index (κ1) is 12.1. The third-order valence-corrected chi connectivity index (χ3v) is 0. The van der Waals surface area contributed by atoms with Gasteiger partial charge in [-0.15, -0.1) is 0 Å². The van der Waals surface area contributed by atoms with Crippen LogP contribution < -0.4 is 18.9 Å². The maximum absolute atomic E-state index is 3.34. The molecule has 0 aromatic heterocycles. The summed E-state index contributed by atoms with van der Waals surface area (Å²) in [7, 11) is -1.93. The first-order valence-corrected chi connectivity index (χ1v) is 23.2. The van der Waals surface area contributed by atoms with E-state index in [1.807, 2.05) is 0 Å². The van der Waals surface area contributed by atoms with Crippen molar-refractivity contribution in [3.8, 4) is 0 Å². The molecule has 0 aromatic carbocycles. The first-order valence-electron chi connectivity index (χ1n) is 0.756. The van der Waals surface area contributed by atoms with E-state index in [1.54, 1.807) is 0 Å².